The van der Waals surface area contributed by atoms with Crippen LogP contribution >= 0.6 is 0 Å². The maximum atomic E-state index is 10.9. The van der Waals surface area contributed by atoms with Crippen molar-refractivity contribution in [2.75, 3.05) is 0 Å². The fourth-order valence-corrected chi connectivity index (χ4v) is 1.42. The number of carboxylic acids is 1. The average molecular weight is 238 g/mol. The van der Waals surface area contributed by atoms with Gasteiger partial charge in [0.1, 0.15) is 11.4 Å². The first-order valence-corrected chi connectivity index (χ1v) is 5.30. The molecule has 0 atom stereocenters. The first-order valence-electron chi connectivity index (χ1n) is 5.30. The molecule has 0 aromatic carbocycles. The van der Waals surface area contributed by atoms with Crippen molar-refractivity contribution in [3.63, 3.8) is 0 Å². The maximum absolute atomic E-state index is 10.9. The van der Waals surface area contributed by atoms with Crippen LogP contribution in [0, 0.1) is 18.8 Å². The van der Waals surface area contributed by atoms with E-state index in [4.69, 9.17) is 5.11 Å². The van der Waals surface area contributed by atoms with Crippen molar-refractivity contribution in [1.82, 2.24) is 9.97 Å². The molecule has 18 heavy (non-hydrogen) atoms. The highest BCUT2D eigenvalue weighted by Gasteiger charge is 2.05. The smallest absolute Gasteiger partial charge is 0.354 e. The molecule has 0 aliphatic rings. The molecule has 0 saturated heterocycles. The molecule has 0 radical (unpaired) electrons. The van der Waals surface area contributed by atoms with Gasteiger partial charge in [0, 0.05) is 17.5 Å². The minimum absolute atomic E-state index is 0.000297. The number of nitrogens with zero attached hydrogens (tertiary/aromatic N) is 2. The van der Waals surface area contributed by atoms with Gasteiger partial charge in [0.15, 0.2) is 0 Å². The van der Waals surface area contributed by atoms with Crippen molar-refractivity contribution in [2.45, 2.75) is 6.92 Å². The van der Waals surface area contributed by atoms with Crippen molar-refractivity contribution in [2.24, 2.45) is 0 Å². The maximum Gasteiger partial charge on any atom is 0.354 e. The third-order valence-corrected chi connectivity index (χ3v) is 2.17. The standard InChI is InChI=1S/C14H10N2O2/c1-10-8-11(9-13(16-10)14(17)18)5-6-12-4-2-3-7-15-12/h2-4,7-9H,1H3,(H,17,18). The van der Waals surface area contributed by atoms with Crippen LogP contribution < -0.4 is 0 Å². The Morgan fingerprint density at radius 3 is 2.78 bits per heavy atom. The summed E-state index contributed by atoms with van der Waals surface area (Å²) in [7, 11) is 0. The Morgan fingerprint density at radius 2 is 2.11 bits per heavy atom. The topological polar surface area (TPSA) is 63.1 Å². The summed E-state index contributed by atoms with van der Waals surface area (Å²) in [6.07, 6.45) is 1.66. The summed E-state index contributed by atoms with van der Waals surface area (Å²) < 4.78 is 0. The molecule has 0 aliphatic carbocycles. The van der Waals surface area contributed by atoms with Gasteiger partial charge in [0.05, 0.1) is 0 Å². The van der Waals surface area contributed by atoms with Gasteiger partial charge >= 0.3 is 5.97 Å². The van der Waals surface area contributed by atoms with Gasteiger partial charge < -0.3 is 5.11 Å². The molecule has 2 aromatic heterocycles. The molecule has 0 bridgehead atoms. The summed E-state index contributed by atoms with van der Waals surface area (Å²) in [5.41, 5.74) is 1.88. The van der Waals surface area contributed by atoms with Crippen LogP contribution in [-0.2, 0) is 0 Å². The monoisotopic (exact) mass is 238 g/mol. The van der Waals surface area contributed by atoms with Crippen LogP contribution in [0.2, 0.25) is 0 Å². The van der Waals surface area contributed by atoms with Crippen molar-refractivity contribution in [1.29, 1.82) is 0 Å². The van der Waals surface area contributed by atoms with Gasteiger partial charge in [-0.05, 0) is 37.1 Å². The lowest BCUT2D eigenvalue weighted by molar-refractivity contribution is 0.0690. The van der Waals surface area contributed by atoms with E-state index in [0.717, 1.165) is 0 Å². The second kappa shape index (κ2) is 5.11. The van der Waals surface area contributed by atoms with Crippen LogP contribution in [0.5, 0.6) is 0 Å². The highest BCUT2D eigenvalue weighted by Crippen LogP contribution is 2.05. The first-order chi connectivity index (χ1) is 8.65. The highest BCUT2D eigenvalue weighted by molar-refractivity contribution is 5.85. The Bertz CT molecular complexity index is 640. The quantitative estimate of drug-likeness (QED) is 0.770. The van der Waals surface area contributed by atoms with Crippen LogP contribution in [0.25, 0.3) is 0 Å². The Hall–Kier alpha value is -2.67. The number of carbonyl (C=O) groups is 1. The molecule has 2 rings (SSSR count). The Balaban J connectivity index is 2.36. The fourth-order valence-electron chi connectivity index (χ4n) is 1.42. The van der Waals surface area contributed by atoms with Gasteiger partial charge in [-0.15, -0.1) is 0 Å². The minimum atomic E-state index is -1.06. The molecule has 0 amide bonds. The van der Waals surface area contributed by atoms with E-state index in [1.807, 2.05) is 12.1 Å². The number of aromatic nitrogens is 2. The lowest BCUT2D eigenvalue weighted by atomic mass is 10.2. The van der Waals surface area contributed by atoms with Crippen molar-refractivity contribution in [3.8, 4) is 11.8 Å². The molecule has 0 spiro atoms. The van der Waals surface area contributed by atoms with Gasteiger partial charge in [0.2, 0.25) is 0 Å². The second-order valence-corrected chi connectivity index (χ2v) is 3.65. The summed E-state index contributed by atoms with van der Waals surface area (Å²) in [6.45, 7) is 1.73. The van der Waals surface area contributed by atoms with Crippen LogP contribution in [0.4, 0.5) is 0 Å². The summed E-state index contributed by atoms with van der Waals surface area (Å²) >= 11 is 0. The number of hydrogen-bond donors (Lipinski definition) is 1. The van der Waals surface area contributed by atoms with Gasteiger partial charge in [0.25, 0.3) is 0 Å². The lowest BCUT2D eigenvalue weighted by Crippen LogP contribution is -2.02. The molecular formula is C14H10N2O2. The summed E-state index contributed by atoms with van der Waals surface area (Å²) in [4.78, 5) is 18.8. The average Bonchev–Trinajstić information content (AvgIpc) is 2.37. The molecule has 0 fully saturated rings. The van der Waals surface area contributed by atoms with E-state index in [0.29, 0.717) is 17.0 Å². The van der Waals surface area contributed by atoms with Crippen LogP contribution in [0.3, 0.4) is 0 Å². The Morgan fingerprint density at radius 1 is 1.28 bits per heavy atom. The van der Waals surface area contributed by atoms with E-state index >= 15 is 0 Å². The van der Waals surface area contributed by atoms with Crippen molar-refractivity contribution in [3.05, 3.63) is 59.2 Å². The molecular weight excluding hydrogens is 228 g/mol. The molecule has 0 aliphatic heterocycles. The fraction of sp³-hybridized carbons (Fsp3) is 0.0714. The van der Waals surface area contributed by atoms with Crippen molar-refractivity contribution < 1.29 is 9.90 Å². The number of rotatable bonds is 1. The molecule has 88 valence electrons. The Kier molecular flexibility index (Phi) is 3.35. The molecule has 2 heterocycles. The number of aryl methyl sites for hydroxylation is 1. The molecule has 4 nitrogen and oxygen atoms in total. The molecule has 0 unspecified atom stereocenters. The van der Waals surface area contributed by atoms with E-state index in [9.17, 15) is 4.79 Å². The zero-order valence-corrected chi connectivity index (χ0v) is 9.71. The van der Waals surface area contributed by atoms with E-state index in [2.05, 4.69) is 21.8 Å². The van der Waals surface area contributed by atoms with Gasteiger partial charge in [-0.3, -0.25) is 0 Å². The normalized spacial score (nSPS) is 9.39. The predicted octanol–water partition coefficient (Wildman–Crippen LogP) is 1.88. The van der Waals surface area contributed by atoms with E-state index in [1.165, 1.54) is 6.07 Å². The molecule has 2 aromatic rings. The number of aromatic carboxylic acids is 1. The van der Waals surface area contributed by atoms with Crippen molar-refractivity contribution >= 4 is 5.97 Å². The molecule has 0 saturated carbocycles. The zero-order valence-electron chi connectivity index (χ0n) is 9.71. The van der Waals surface area contributed by atoms with Crippen LogP contribution in [0.1, 0.15) is 27.4 Å². The highest BCUT2D eigenvalue weighted by atomic mass is 16.4. The zero-order chi connectivity index (χ0) is 13.0. The second-order valence-electron chi connectivity index (χ2n) is 3.65. The van der Waals surface area contributed by atoms with Gasteiger partial charge in [-0.2, -0.15) is 0 Å². The SMILES string of the molecule is Cc1cc(C#Cc2ccccn2)cc(C(=O)O)n1. The summed E-state index contributed by atoms with van der Waals surface area (Å²) in [6, 6.07) is 8.63. The Labute approximate surface area is 104 Å². The van der Waals surface area contributed by atoms with E-state index in [1.54, 1.807) is 25.3 Å². The lowest BCUT2D eigenvalue weighted by Gasteiger charge is -1.97. The summed E-state index contributed by atoms with van der Waals surface area (Å²) in [5, 5.41) is 8.90. The largest absolute Gasteiger partial charge is 0.477 e. The van der Waals surface area contributed by atoms with Crippen LogP contribution in [0.15, 0.2) is 36.5 Å². The molecule has 4 heteroatoms. The number of hydrogen-bond acceptors (Lipinski definition) is 3. The van der Waals surface area contributed by atoms with E-state index in [-0.39, 0.29) is 5.69 Å². The predicted molar refractivity (Wildman–Crippen MR) is 66.2 cm³/mol. The minimum Gasteiger partial charge on any atom is -0.477 e. The van der Waals surface area contributed by atoms with Crippen LogP contribution in [-0.4, -0.2) is 21.0 Å². The third-order valence-electron chi connectivity index (χ3n) is 2.17. The van der Waals surface area contributed by atoms with Gasteiger partial charge in [-0.25, -0.2) is 14.8 Å². The van der Waals surface area contributed by atoms with Gasteiger partial charge in [-0.1, -0.05) is 12.0 Å². The van der Waals surface area contributed by atoms with E-state index < -0.39 is 5.97 Å². The summed E-state index contributed by atoms with van der Waals surface area (Å²) in [5.74, 6) is 4.70. The number of pyridine rings is 2. The third kappa shape index (κ3) is 2.92. The molecule has 1 N–H and O–H groups in total. The first kappa shape index (κ1) is 11.8. The number of carboxylic acid groups (broad SMARTS) is 1.